The van der Waals surface area contributed by atoms with Crippen molar-refractivity contribution in [3.05, 3.63) is 0 Å². The van der Waals surface area contributed by atoms with Gasteiger partial charge >= 0.3 is 0 Å². The van der Waals surface area contributed by atoms with Crippen molar-refractivity contribution >= 4 is 5.78 Å². The molecule has 0 aromatic rings. The Morgan fingerprint density at radius 1 is 1.12 bits per heavy atom. The van der Waals surface area contributed by atoms with Crippen molar-refractivity contribution in [2.45, 2.75) is 90.5 Å². The van der Waals surface area contributed by atoms with E-state index in [1.165, 1.54) is 6.42 Å². The van der Waals surface area contributed by atoms with Crippen molar-refractivity contribution in [1.82, 2.24) is 0 Å². The summed E-state index contributed by atoms with van der Waals surface area (Å²) < 4.78 is 12.7. The first kappa shape index (κ1) is 17.9. The van der Waals surface area contributed by atoms with Crippen molar-refractivity contribution in [2.24, 2.45) is 29.6 Å². The van der Waals surface area contributed by atoms with Crippen LogP contribution in [0.25, 0.3) is 0 Å². The van der Waals surface area contributed by atoms with Crippen LogP contribution in [0.4, 0.5) is 0 Å². The van der Waals surface area contributed by atoms with Gasteiger partial charge in [0.25, 0.3) is 0 Å². The third-order valence-corrected chi connectivity index (χ3v) is 7.34. The van der Waals surface area contributed by atoms with E-state index in [1.54, 1.807) is 0 Å². The molecule has 2 bridgehead atoms. The van der Waals surface area contributed by atoms with Crippen LogP contribution in [0.2, 0.25) is 0 Å². The number of rotatable bonds is 3. The van der Waals surface area contributed by atoms with E-state index in [-0.39, 0.29) is 23.7 Å². The summed E-state index contributed by atoms with van der Waals surface area (Å²) in [5.41, 5.74) is -0.523. The molecule has 8 atom stereocenters. The van der Waals surface area contributed by atoms with Gasteiger partial charge in [0, 0.05) is 24.7 Å². The summed E-state index contributed by atoms with van der Waals surface area (Å²) in [5, 5.41) is 0. The first-order valence-electron chi connectivity index (χ1n) is 9.99. The number of hydrogen-bond acceptors (Lipinski definition) is 5. The topological polar surface area (TPSA) is 54.0 Å². The monoisotopic (exact) mass is 352 g/mol. The van der Waals surface area contributed by atoms with Crippen LogP contribution in [0.1, 0.15) is 66.7 Å². The lowest BCUT2D eigenvalue weighted by molar-refractivity contribution is -0.570. The molecule has 0 radical (unpaired) electrons. The Morgan fingerprint density at radius 2 is 1.88 bits per heavy atom. The first-order valence-corrected chi connectivity index (χ1v) is 9.99. The van der Waals surface area contributed by atoms with Gasteiger partial charge < -0.3 is 9.47 Å². The van der Waals surface area contributed by atoms with Gasteiger partial charge in [0.15, 0.2) is 11.9 Å². The van der Waals surface area contributed by atoms with Crippen molar-refractivity contribution < 1.29 is 24.0 Å². The zero-order chi connectivity index (χ0) is 18.0. The first-order chi connectivity index (χ1) is 11.8. The highest BCUT2D eigenvalue weighted by molar-refractivity contribution is 5.80. The van der Waals surface area contributed by atoms with Crippen molar-refractivity contribution in [3.63, 3.8) is 0 Å². The number of carbonyl (C=O) groups excluding carboxylic acids is 1. The van der Waals surface area contributed by atoms with Gasteiger partial charge in [-0.15, -0.1) is 0 Å². The molecule has 25 heavy (non-hydrogen) atoms. The summed E-state index contributed by atoms with van der Waals surface area (Å²) in [7, 11) is 0. The third kappa shape index (κ3) is 2.61. The molecular formula is C20H32O5. The molecule has 4 saturated heterocycles. The van der Waals surface area contributed by atoms with E-state index in [0.717, 1.165) is 19.3 Å². The highest BCUT2D eigenvalue weighted by Crippen LogP contribution is 2.60. The van der Waals surface area contributed by atoms with Gasteiger partial charge in [-0.1, -0.05) is 27.7 Å². The number of ether oxygens (including phenoxy) is 2. The Kier molecular flexibility index (Phi) is 4.31. The molecular weight excluding hydrogens is 320 g/mol. The third-order valence-electron chi connectivity index (χ3n) is 7.34. The molecule has 0 N–H and O–H groups in total. The van der Waals surface area contributed by atoms with Crippen LogP contribution >= 0.6 is 0 Å². The Hall–Kier alpha value is -0.490. The van der Waals surface area contributed by atoms with Crippen LogP contribution < -0.4 is 0 Å². The highest BCUT2D eigenvalue weighted by atomic mass is 17.3. The van der Waals surface area contributed by atoms with Gasteiger partial charge in [0.2, 0.25) is 5.79 Å². The van der Waals surface area contributed by atoms with E-state index in [1.807, 2.05) is 20.8 Å². The van der Waals surface area contributed by atoms with Gasteiger partial charge in [0.05, 0.1) is 6.10 Å². The minimum Gasteiger partial charge on any atom is -0.345 e. The summed E-state index contributed by atoms with van der Waals surface area (Å²) in [6.45, 7) is 10.4. The van der Waals surface area contributed by atoms with Gasteiger partial charge in [-0.2, -0.15) is 0 Å². The van der Waals surface area contributed by atoms with E-state index >= 15 is 0 Å². The standard InChI is InChI=1S/C20H32O5/c1-11(2)16(21)10-17-13(4)15-7-6-12(3)14-8-9-19(5)23-18(22-17)20(14,15)25-24-19/h11-15,17-18H,6-10H2,1-5H3/t12-,13-,14+,15+,17-,18-,19-,20-/m1/s1. The molecule has 5 fully saturated rings. The number of carbonyl (C=O) groups is 1. The fourth-order valence-electron chi connectivity index (χ4n) is 5.65. The molecule has 142 valence electrons. The summed E-state index contributed by atoms with van der Waals surface area (Å²) in [4.78, 5) is 24.3. The van der Waals surface area contributed by atoms with Gasteiger partial charge in [-0.3, -0.25) is 4.79 Å². The lowest BCUT2D eigenvalue weighted by Crippen LogP contribution is -2.70. The predicted octanol–water partition coefficient (Wildman–Crippen LogP) is 3.85. The Labute approximate surface area is 150 Å². The maximum absolute atomic E-state index is 12.4. The molecule has 5 rings (SSSR count). The van der Waals surface area contributed by atoms with E-state index in [2.05, 4.69) is 13.8 Å². The summed E-state index contributed by atoms with van der Waals surface area (Å²) in [6.07, 6.45) is 4.05. The van der Waals surface area contributed by atoms with Gasteiger partial charge in [-0.25, -0.2) is 9.78 Å². The van der Waals surface area contributed by atoms with E-state index in [0.29, 0.717) is 24.2 Å². The number of hydrogen-bond donors (Lipinski definition) is 0. The molecule has 5 heteroatoms. The van der Waals surface area contributed by atoms with E-state index in [9.17, 15) is 4.79 Å². The van der Waals surface area contributed by atoms with Crippen molar-refractivity contribution in [1.29, 1.82) is 0 Å². The Bertz CT molecular complexity index is 548. The summed E-state index contributed by atoms with van der Waals surface area (Å²) in [6, 6.07) is 0. The lowest BCUT2D eigenvalue weighted by Gasteiger charge is -2.60. The molecule has 0 amide bonds. The molecule has 0 aromatic carbocycles. The van der Waals surface area contributed by atoms with Crippen LogP contribution in [0, 0.1) is 29.6 Å². The lowest BCUT2D eigenvalue weighted by atomic mass is 9.57. The molecule has 0 unspecified atom stereocenters. The second kappa shape index (κ2) is 6.01. The van der Waals surface area contributed by atoms with Gasteiger partial charge in [0.1, 0.15) is 5.78 Å². The second-order valence-electron chi connectivity index (χ2n) is 9.27. The molecule has 1 spiro atoms. The molecule has 1 aliphatic carbocycles. The molecule has 5 aliphatic rings. The maximum atomic E-state index is 12.4. The van der Waals surface area contributed by atoms with Crippen LogP contribution in [-0.4, -0.2) is 29.6 Å². The molecule has 1 saturated carbocycles. The smallest absolute Gasteiger partial charge is 0.201 e. The molecule has 0 aromatic heterocycles. The van der Waals surface area contributed by atoms with E-state index in [4.69, 9.17) is 19.2 Å². The average Bonchev–Trinajstić information content (AvgIpc) is 2.78. The van der Waals surface area contributed by atoms with Gasteiger partial charge in [-0.05, 0) is 43.9 Å². The SMILES string of the molecule is CC(C)C(=O)C[C@H]1O[C@@H]2O[C@@]3(C)CC[C@H]4[C@H](C)CC[C@@H]([C@H]1C)[C@@]24OO3. The zero-order valence-corrected chi connectivity index (χ0v) is 16.1. The molecule has 5 nitrogen and oxygen atoms in total. The Morgan fingerprint density at radius 3 is 2.60 bits per heavy atom. The summed E-state index contributed by atoms with van der Waals surface area (Å²) in [5.74, 6) is 1.06. The van der Waals surface area contributed by atoms with Crippen LogP contribution in [0.3, 0.4) is 0 Å². The minimum atomic E-state index is -0.745. The maximum Gasteiger partial charge on any atom is 0.201 e. The summed E-state index contributed by atoms with van der Waals surface area (Å²) >= 11 is 0. The van der Waals surface area contributed by atoms with Crippen molar-refractivity contribution in [3.8, 4) is 0 Å². The molecule has 4 aliphatic heterocycles. The van der Waals surface area contributed by atoms with Crippen molar-refractivity contribution in [2.75, 3.05) is 0 Å². The fraction of sp³-hybridized carbons (Fsp3) is 0.950. The Balaban J connectivity index is 1.68. The largest absolute Gasteiger partial charge is 0.345 e. The number of fused-ring (bicyclic) bond motifs is 2. The van der Waals surface area contributed by atoms with Crippen LogP contribution in [0.15, 0.2) is 0 Å². The predicted molar refractivity (Wildman–Crippen MR) is 91.3 cm³/mol. The fourth-order valence-corrected chi connectivity index (χ4v) is 5.65. The average molecular weight is 352 g/mol. The highest BCUT2D eigenvalue weighted by Gasteiger charge is 2.69. The minimum absolute atomic E-state index is 0.0365. The second-order valence-corrected chi connectivity index (χ2v) is 9.27. The normalized spacial score (nSPS) is 51.9. The number of ketones is 1. The van der Waals surface area contributed by atoms with Crippen LogP contribution in [-0.2, 0) is 24.0 Å². The molecule has 4 heterocycles. The van der Waals surface area contributed by atoms with Crippen LogP contribution in [0.5, 0.6) is 0 Å². The zero-order valence-electron chi connectivity index (χ0n) is 16.1. The quantitative estimate of drug-likeness (QED) is 0.722. The van der Waals surface area contributed by atoms with E-state index < -0.39 is 17.7 Å². The number of Topliss-reactive ketones (excluding diaryl/α,β-unsaturated/α-hetero) is 1.